The van der Waals surface area contributed by atoms with Gasteiger partial charge < -0.3 is 19.9 Å². The molecule has 5 aromatic rings. The second-order valence-electron chi connectivity index (χ2n) is 11.3. The zero-order valence-electron chi connectivity index (χ0n) is 24.8. The lowest BCUT2D eigenvalue weighted by Gasteiger charge is -2.35. The molecule has 0 amide bonds. The summed E-state index contributed by atoms with van der Waals surface area (Å²) in [7, 11) is 1.61. The number of aryl methyl sites for hydroxylation is 1. The third kappa shape index (κ3) is 5.19. The van der Waals surface area contributed by atoms with Crippen molar-refractivity contribution in [2.45, 2.75) is 38.2 Å². The molecule has 0 radical (unpaired) electrons. The van der Waals surface area contributed by atoms with E-state index in [0.29, 0.717) is 53.7 Å². The molecule has 0 saturated heterocycles. The predicted molar refractivity (Wildman–Crippen MR) is 173 cm³/mol. The molecule has 0 saturated carbocycles. The minimum absolute atomic E-state index is 0.0537. The maximum Gasteiger partial charge on any atom is 0.337 e. The zero-order valence-corrected chi connectivity index (χ0v) is 25.6. The number of carbonyl (C=O) groups excluding carboxylic acids is 1. The fraction of sp³-hybridized carbons (Fsp3) is 0.194. The lowest BCUT2D eigenvalue weighted by atomic mass is 9.73. The summed E-state index contributed by atoms with van der Waals surface area (Å²) < 4.78 is 13.6. The summed E-state index contributed by atoms with van der Waals surface area (Å²) in [6, 6.07) is 26.6. The SMILES string of the molecule is COc1cc([C@H]2C3=C(C[C@H](c4cccs4)CC3=O)Nc3c2c(C)nn3-c2ccccc2C(=O)O)ccc1OCc1ccccc1. The van der Waals surface area contributed by atoms with Crippen molar-refractivity contribution in [3.63, 3.8) is 0 Å². The van der Waals surface area contributed by atoms with E-state index in [1.807, 2.05) is 66.9 Å². The number of carboxylic acid groups (broad SMARTS) is 1. The van der Waals surface area contributed by atoms with Crippen LogP contribution in [0.1, 0.15) is 62.3 Å². The molecule has 8 nitrogen and oxygen atoms in total. The molecule has 7 rings (SSSR count). The highest BCUT2D eigenvalue weighted by Gasteiger charge is 2.42. The van der Waals surface area contributed by atoms with Gasteiger partial charge in [-0.15, -0.1) is 11.3 Å². The van der Waals surface area contributed by atoms with Crippen molar-refractivity contribution in [1.29, 1.82) is 0 Å². The number of anilines is 1. The fourth-order valence-corrected chi connectivity index (χ4v) is 7.30. The van der Waals surface area contributed by atoms with Crippen molar-refractivity contribution >= 4 is 28.9 Å². The number of para-hydroxylation sites is 1. The van der Waals surface area contributed by atoms with E-state index >= 15 is 0 Å². The summed E-state index contributed by atoms with van der Waals surface area (Å²) >= 11 is 1.66. The first-order valence-corrected chi connectivity index (χ1v) is 15.6. The molecule has 2 atom stereocenters. The standard InChI is InChI=1S/C36H31N3O5S/c1-21-32-33(23-14-15-29(30(19-23)43-2)44-20-22-9-4-3-5-10-22)34-26(17-24(18-28(34)40)31-13-8-16-45-31)37-35(32)39(38-21)27-12-7-6-11-25(27)36(41)42/h3-16,19,24,33,37H,17-18,20H2,1-2H3,(H,41,42)/t24-,33+/m0/s1. The Morgan fingerprint density at radius 2 is 1.82 bits per heavy atom. The van der Waals surface area contributed by atoms with Crippen LogP contribution in [0.15, 0.2) is 102 Å². The smallest absolute Gasteiger partial charge is 0.337 e. The van der Waals surface area contributed by atoms with E-state index in [4.69, 9.17) is 14.6 Å². The van der Waals surface area contributed by atoms with Crippen LogP contribution in [0, 0.1) is 6.92 Å². The molecule has 1 aliphatic heterocycles. The van der Waals surface area contributed by atoms with Crippen molar-refractivity contribution in [3.8, 4) is 17.2 Å². The van der Waals surface area contributed by atoms with E-state index < -0.39 is 11.9 Å². The number of ether oxygens (including phenoxy) is 2. The number of aromatic nitrogens is 2. The van der Waals surface area contributed by atoms with Gasteiger partial charge in [0.05, 0.1) is 24.1 Å². The quantitative estimate of drug-likeness (QED) is 0.186. The Hall–Kier alpha value is -5.15. The number of allylic oxidation sites excluding steroid dienone is 2. The Morgan fingerprint density at radius 1 is 1.02 bits per heavy atom. The number of ketones is 1. The highest BCUT2D eigenvalue weighted by Crippen LogP contribution is 2.51. The number of hydrogen-bond donors (Lipinski definition) is 2. The van der Waals surface area contributed by atoms with Gasteiger partial charge in [0.25, 0.3) is 0 Å². The van der Waals surface area contributed by atoms with E-state index in [1.165, 1.54) is 4.88 Å². The topological polar surface area (TPSA) is 103 Å². The normalized spacial score (nSPS) is 17.3. The Bertz CT molecular complexity index is 1940. The number of carbonyl (C=O) groups is 2. The summed E-state index contributed by atoms with van der Waals surface area (Å²) in [5.74, 6) is 0.484. The van der Waals surface area contributed by atoms with Gasteiger partial charge in [-0.2, -0.15) is 5.10 Å². The van der Waals surface area contributed by atoms with Crippen molar-refractivity contribution < 1.29 is 24.2 Å². The van der Waals surface area contributed by atoms with Crippen LogP contribution in [-0.4, -0.2) is 33.7 Å². The second-order valence-corrected chi connectivity index (χ2v) is 12.2. The van der Waals surface area contributed by atoms with Gasteiger partial charge in [-0.3, -0.25) is 4.79 Å². The number of hydrogen-bond acceptors (Lipinski definition) is 7. The van der Waals surface area contributed by atoms with Crippen LogP contribution in [-0.2, 0) is 11.4 Å². The van der Waals surface area contributed by atoms with Crippen molar-refractivity contribution in [3.05, 3.63) is 134 Å². The third-order valence-corrected chi connectivity index (χ3v) is 9.56. The number of thiophene rings is 1. The predicted octanol–water partition coefficient (Wildman–Crippen LogP) is 7.49. The summed E-state index contributed by atoms with van der Waals surface area (Å²) in [4.78, 5) is 27.5. The summed E-state index contributed by atoms with van der Waals surface area (Å²) in [5, 5.41) is 20.4. The van der Waals surface area contributed by atoms with E-state index in [0.717, 1.165) is 22.4 Å². The summed E-state index contributed by atoms with van der Waals surface area (Å²) in [6.45, 7) is 2.29. The highest BCUT2D eigenvalue weighted by atomic mass is 32.1. The molecule has 45 heavy (non-hydrogen) atoms. The minimum Gasteiger partial charge on any atom is -0.493 e. The van der Waals surface area contributed by atoms with E-state index in [-0.39, 0.29) is 17.3 Å². The zero-order chi connectivity index (χ0) is 31.1. The van der Waals surface area contributed by atoms with Gasteiger partial charge in [0.1, 0.15) is 12.4 Å². The molecule has 3 heterocycles. The maximum atomic E-state index is 14.1. The number of methoxy groups -OCH3 is 1. The highest BCUT2D eigenvalue weighted by molar-refractivity contribution is 7.10. The second kappa shape index (κ2) is 11.7. The van der Waals surface area contributed by atoms with E-state index in [9.17, 15) is 14.7 Å². The molecule has 2 aromatic heterocycles. The number of rotatable bonds is 8. The Morgan fingerprint density at radius 3 is 2.58 bits per heavy atom. The average molecular weight is 618 g/mol. The average Bonchev–Trinajstić information content (AvgIpc) is 3.72. The van der Waals surface area contributed by atoms with Gasteiger partial charge in [-0.05, 0) is 60.2 Å². The number of nitrogens with zero attached hydrogens (tertiary/aromatic N) is 2. The largest absolute Gasteiger partial charge is 0.493 e. The van der Waals surface area contributed by atoms with Crippen LogP contribution in [0.2, 0.25) is 0 Å². The first-order valence-electron chi connectivity index (χ1n) is 14.8. The Kier molecular flexibility index (Phi) is 7.47. The Labute approximate surface area is 264 Å². The van der Waals surface area contributed by atoms with Crippen molar-refractivity contribution in [1.82, 2.24) is 9.78 Å². The molecule has 3 aromatic carbocycles. The molecule has 226 valence electrons. The molecular formula is C36H31N3O5S. The maximum absolute atomic E-state index is 14.1. The number of nitrogens with one attached hydrogen (secondary N) is 1. The number of fused-ring (bicyclic) bond motifs is 1. The van der Waals surface area contributed by atoms with Crippen LogP contribution in [0.3, 0.4) is 0 Å². The number of carboxylic acids is 1. The van der Waals surface area contributed by atoms with Gasteiger partial charge in [0.15, 0.2) is 17.3 Å². The van der Waals surface area contributed by atoms with E-state index in [2.05, 4.69) is 11.4 Å². The van der Waals surface area contributed by atoms with E-state index in [1.54, 1.807) is 47.4 Å². The number of Topliss-reactive ketones (excluding diaryl/α,β-unsaturated/α-hetero) is 1. The van der Waals surface area contributed by atoms with Gasteiger partial charge in [-0.25, -0.2) is 9.48 Å². The van der Waals surface area contributed by atoms with Crippen molar-refractivity contribution in [2.75, 3.05) is 12.4 Å². The molecule has 0 fully saturated rings. The third-order valence-electron chi connectivity index (χ3n) is 8.53. The van der Waals surface area contributed by atoms with Crippen LogP contribution in [0.25, 0.3) is 5.69 Å². The van der Waals surface area contributed by atoms with Crippen LogP contribution < -0.4 is 14.8 Å². The van der Waals surface area contributed by atoms with Crippen LogP contribution in [0.4, 0.5) is 5.82 Å². The van der Waals surface area contributed by atoms with Gasteiger partial charge in [0.2, 0.25) is 0 Å². The molecule has 0 unspecified atom stereocenters. The summed E-state index contributed by atoms with van der Waals surface area (Å²) in [5.41, 5.74) is 5.57. The molecular weight excluding hydrogens is 586 g/mol. The van der Waals surface area contributed by atoms with Gasteiger partial charge in [0, 0.05) is 40.0 Å². The number of benzene rings is 3. The first-order chi connectivity index (χ1) is 21.9. The lowest BCUT2D eigenvalue weighted by Crippen LogP contribution is -2.30. The molecule has 0 bridgehead atoms. The first kappa shape index (κ1) is 28.6. The molecule has 0 spiro atoms. The molecule has 2 N–H and O–H groups in total. The Balaban J connectivity index is 1.36. The van der Waals surface area contributed by atoms with Crippen LogP contribution in [0.5, 0.6) is 11.5 Å². The van der Waals surface area contributed by atoms with Crippen LogP contribution >= 0.6 is 11.3 Å². The van der Waals surface area contributed by atoms with Gasteiger partial charge in [-0.1, -0.05) is 54.6 Å². The van der Waals surface area contributed by atoms with Crippen molar-refractivity contribution in [2.24, 2.45) is 0 Å². The molecule has 1 aliphatic carbocycles. The molecule has 2 aliphatic rings. The minimum atomic E-state index is -1.04. The number of aromatic carboxylic acids is 1. The monoisotopic (exact) mass is 617 g/mol. The fourth-order valence-electron chi connectivity index (χ4n) is 6.47. The summed E-state index contributed by atoms with van der Waals surface area (Å²) in [6.07, 6.45) is 1.06. The lowest BCUT2D eigenvalue weighted by molar-refractivity contribution is -0.116. The molecule has 9 heteroatoms. The van der Waals surface area contributed by atoms with Gasteiger partial charge >= 0.3 is 5.97 Å².